The monoisotopic (exact) mass is 343 g/mol. The zero-order valence-corrected chi connectivity index (χ0v) is 13.3. The number of thiazole rings is 1. The summed E-state index contributed by atoms with van der Waals surface area (Å²) in [6.07, 6.45) is 0. The SMILES string of the molecule is S=C(Nc1ccc(Cl)cc1)c1nn2c(=S)scc2s1. The number of aromatic nitrogens is 2. The van der Waals surface area contributed by atoms with E-state index in [9.17, 15) is 0 Å². The molecule has 0 saturated heterocycles. The highest BCUT2D eigenvalue weighted by atomic mass is 35.5. The molecule has 1 N–H and O–H groups in total. The third kappa shape index (κ3) is 2.70. The van der Waals surface area contributed by atoms with E-state index in [1.807, 2.05) is 29.6 Å². The first-order valence-electron chi connectivity index (χ1n) is 5.18. The number of hydrogen-bond acceptors (Lipinski definition) is 5. The van der Waals surface area contributed by atoms with E-state index in [2.05, 4.69) is 10.4 Å². The van der Waals surface area contributed by atoms with E-state index in [1.54, 1.807) is 4.52 Å². The molecule has 0 radical (unpaired) electrons. The van der Waals surface area contributed by atoms with Crippen LogP contribution in [0.5, 0.6) is 0 Å². The highest BCUT2D eigenvalue weighted by molar-refractivity contribution is 7.81. The van der Waals surface area contributed by atoms with Gasteiger partial charge in [-0.1, -0.05) is 35.2 Å². The molecule has 0 bridgehead atoms. The molecule has 3 rings (SSSR count). The van der Waals surface area contributed by atoms with E-state index in [0.29, 0.717) is 10.0 Å². The third-order valence-corrected chi connectivity index (χ3v) is 5.31. The number of halogens is 1. The van der Waals surface area contributed by atoms with Crippen molar-refractivity contribution in [1.82, 2.24) is 9.61 Å². The van der Waals surface area contributed by atoms with Gasteiger partial charge in [0, 0.05) is 16.1 Å². The fourth-order valence-electron chi connectivity index (χ4n) is 1.47. The first kappa shape index (κ1) is 13.1. The summed E-state index contributed by atoms with van der Waals surface area (Å²) in [6, 6.07) is 7.36. The molecule has 96 valence electrons. The van der Waals surface area contributed by atoms with Gasteiger partial charge in [0.15, 0.2) is 8.96 Å². The number of anilines is 1. The van der Waals surface area contributed by atoms with Gasteiger partial charge in [-0.2, -0.15) is 5.10 Å². The van der Waals surface area contributed by atoms with E-state index in [0.717, 1.165) is 19.5 Å². The van der Waals surface area contributed by atoms with Gasteiger partial charge < -0.3 is 5.32 Å². The summed E-state index contributed by atoms with van der Waals surface area (Å²) in [5, 5.41) is 11.0. The summed E-state index contributed by atoms with van der Waals surface area (Å²) in [7, 11) is 0. The fraction of sp³-hybridized carbons (Fsp3) is 0. The average molecular weight is 344 g/mol. The van der Waals surface area contributed by atoms with Crippen LogP contribution in [0.4, 0.5) is 5.69 Å². The number of hydrogen-bond donors (Lipinski definition) is 1. The van der Waals surface area contributed by atoms with Crippen LogP contribution in [0.2, 0.25) is 5.02 Å². The van der Waals surface area contributed by atoms with Crippen molar-refractivity contribution in [3.63, 3.8) is 0 Å². The summed E-state index contributed by atoms with van der Waals surface area (Å²) < 4.78 is 2.46. The first-order chi connectivity index (χ1) is 9.13. The van der Waals surface area contributed by atoms with Crippen molar-refractivity contribution in [2.75, 3.05) is 5.32 Å². The van der Waals surface area contributed by atoms with Crippen molar-refractivity contribution in [1.29, 1.82) is 0 Å². The molecule has 0 unspecified atom stereocenters. The molecular formula is C11H6ClN3S4. The highest BCUT2D eigenvalue weighted by Crippen LogP contribution is 2.21. The van der Waals surface area contributed by atoms with Crippen molar-refractivity contribution < 1.29 is 0 Å². The van der Waals surface area contributed by atoms with E-state index in [1.165, 1.54) is 22.7 Å². The Morgan fingerprint density at radius 2 is 2.05 bits per heavy atom. The zero-order valence-electron chi connectivity index (χ0n) is 9.29. The van der Waals surface area contributed by atoms with Crippen LogP contribution in [0.3, 0.4) is 0 Å². The predicted octanol–water partition coefficient (Wildman–Crippen LogP) is 4.63. The molecule has 0 spiro atoms. The molecule has 0 fully saturated rings. The maximum absolute atomic E-state index is 5.84. The lowest BCUT2D eigenvalue weighted by Gasteiger charge is -2.04. The van der Waals surface area contributed by atoms with Crippen molar-refractivity contribution >= 4 is 74.2 Å². The second-order valence-corrected chi connectivity index (χ2v) is 6.98. The molecule has 19 heavy (non-hydrogen) atoms. The van der Waals surface area contributed by atoms with Gasteiger partial charge in [-0.25, -0.2) is 4.52 Å². The van der Waals surface area contributed by atoms with Crippen LogP contribution >= 0.6 is 58.7 Å². The third-order valence-electron chi connectivity index (χ3n) is 2.33. The highest BCUT2D eigenvalue weighted by Gasteiger charge is 2.10. The van der Waals surface area contributed by atoms with Crippen molar-refractivity contribution in [2.45, 2.75) is 0 Å². The molecule has 0 aliphatic heterocycles. The number of benzene rings is 1. The van der Waals surface area contributed by atoms with E-state index < -0.39 is 0 Å². The lowest BCUT2D eigenvalue weighted by atomic mass is 10.3. The molecular weight excluding hydrogens is 338 g/mol. The summed E-state index contributed by atoms with van der Waals surface area (Å²) in [6.45, 7) is 0. The van der Waals surface area contributed by atoms with Gasteiger partial charge >= 0.3 is 0 Å². The second kappa shape index (κ2) is 5.26. The number of rotatable bonds is 2. The van der Waals surface area contributed by atoms with Crippen LogP contribution in [0.25, 0.3) is 4.83 Å². The molecule has 8 heteroatoms. The number of fused-ring (bicyclic) bond motifs is 1. The van der Waals surface area contributed by atoms with Gasteiger partial charge in [0.1, 0.15) is 9.82 Å². The normalized spacial score (nSPS) is 10.8. The molecule has 0 aliphatic carbocycles. The summed E-state index contributed by atoms with van der Waals surface area (Å²) >= 11 is 19.4. The maximum Gasteiger partial charge on any atom is 0.183 e. The number of nitrogens with one attached hydrogen (secondary N) is 1. The molecule has 2 aromatic heterocycles. The van der Waals surface area contributed by atoms with Gasteiger partial charge in [0.2, 0.25) is 0 Å². The Bertz CT molecular complexity index is 799. The van der Waals surface area contributed by atoms with E-state index >= 15 is 0 Å². The minimum Gasteiger partial charge on any atom is -0.344 e. The van der Waals surface area contributed by atoms with Gasteiger partial charge in [-0.05, 0) is 36.5 Å². The molecule has 0 atom stereocenters. The maximum atomic E-state index is 5.84. The lowest BCUT2D eigenvalue weighted by molar-refractivity contribution is 0.966. The van der Waals surface area contributed by atoms with Crippen LogP contribution < -0.4 is 5.32 Å². The second-order valence-electron chi connectivity index (χ2n) is 3.62. The van der Waals surface area contributed by atoms with Crippen molar-refractivity contribution in [3.05, 3.63) is 43.6 Å². The van der Waals surface area contributed by atoms with Crippen molar-refractivity contribution in [3.8, 4) is 0 Å². The molecule has 3 aromatic rings. The van der Waals surface area contributed by atoms with E-state index in [-0.39, 0.29) is 0 Å². The smallest absolute Gasteiger partial charge is 0.183 e. The summed E-state index contributed by atoms with van der Waals surface area (Å²) in [5.74, 6) is 0. The fourth-order valence-corrected chi connectivity index (χ4v) is 3.84. The van der Waals surface area contributed by atoms with Crippen molar-refractivity contribution in [2.24, 2.45) is 0 Å². The number of thiocarbonyl (C=S) groups is 1. The molecule has 1 aromatic carbocycles. The van der Waals surface area contributed by atoms with Crippen LogP contribution in [0.15, 0.2) is 29.6 Å². The quantitative estimate of drug-likeness (QED) is 0.687. The average Bonchev–Trinajstić information content (AvgIpc) is 2.95. The molecule has 0 saturated carbocycles. The van der Waals surface area contributed by atoms with Gasteiger partial charge in [-0.15, -0.1) is 11.3 Å². The van der Waals surface area contributed by atoms with Crippen LogP contribution in [-0.4, -0.2) is 14.6 Å². The Labute approximate surface area is 132 Å². The number of nitrogens with zero attached hydrogens (tertiary/aromatic N) is 2. The van der Waals surface area contributed by atoms with E-state index in [4.69, 9.17) is 36.0 Å². The topological polar surface area (TPSA) is 29.3 Å². The van der Waals surface area contributed by atoms with Crippen LogP contribution in [0.1, 0.15) is 5.01 Å². The Balaban J connectivity index is 1.87. The molecule has 0 aliphatic rings. The first-order valence-corrected chi connectivity index (χ1v) is 8.07. The van der Waals surface area contributed by atoms with Gasteiger partial charge in [-0.3, -0.25) is 0 Å². The lowest BCUT2D eigenvalue weighted by Crippen LogP contribution is -2.10. The predicted molar refractivity (Wildman–Crippen MR) is 88.6 cm³/mol. The van der Waals surface area contributed by atoms with Gasteiger partial charge in [0.25, 0.3) is 0 Å². The minimum atomic E-state index is 0.579. The summed E-state index contributed by atoms with van der Waals surface area (Å²) in [5.41, 5.74) is 0.885. The Kier molecular flexibility index (Phi) is 3.64. The zero-order chi connectivity index (χ0) is 13.4. The largest absolute Gasteiger partial charge is 0.344 e. The molecule has 0 amide bonds. The van der Waals surface area contributed by atoms with Crippen LogP contribution in [0, 0.1) is 3.95 Å². The molecule has 2 heterocycles. The minimum absolute atomic E-state index is 0.579. The Morgan fingerprint density at radius 3 is 2.74 bits per heavy atom. The Hall–Kier alpha value is -0.860. The molecule has 3 nitrogen and oxygen atoms in total. The van der Waals surface area contributed by atoms with Gasteiger partial charge in [0.05, 0.1) is 0 Å². The van der Waals surface area contributed by atoms with Crippen LogP contribution in [-0.2, 0) is 0 Å². The standard InChI is InChI=1S/C11H6ClN3S4/c12-6-1-3-7(4-2-6)13-9(16)10-14-15-8(19-10)5-18-11(15)17/h1-5H,(H,13,16). The summed E-state index contributed by atoms with van der Waals surface area (Å²) in [4.78, 5) is 1.58. The Morgan fingerprint density at radius 1 is 1.32 bits per heavy atom.